The zero-order chi connectivity index (χ0) is 19.3. The van der Waals surface area contributed by atoms with Gasteiger partial charge in [0.2, 0.25) is 5.50 Å². The van der Waals surface area contributed by atoms with Crippen LogP contribution in [0.2, 0.25) is 0 Å². The van der Waals surface area contributed by atoms with Crippen molar-refractivity contribution in [2.45, 2.75) is 20.0 Å². The van der Waals surface area contributed by atoms with Gasteiger partial charge in [-0.25, -0.2) is 0 Å². The van der Waals surface area contributed by atoms with Crippen LogP contribution in [0.1, 0.15) is 18.1 Å². The van der Waals surface area contributed by atoms with Crippen LogP contribution in [0.15, 0.2) is 65.3 Å². The first-order chi connectivity index (χ1) is 13.1. The third-order valence-corrected chi connectivity index (χ3v) is 6.20. The number of rotatable bonds is 8. The molecule has 5 nitrogen and oxygen atoms in total. The second-order valence-corrected chi connectivity index (χ2v) is 8.05. The maximum atomic E-state index is 12.8. The van der Waals surface area contributed by atoms with Crippen LogP contribution in [-0.4, -0.2) is 14.2 Å². The summed E-state index contributed by atoms with van der Waals surface area (Å²) in [6.45, 7) is 2.43. The first kappa shape index (κ1) is 19.4. The van der Waals surface area contributed by atoms with Crippen molar-refractivity contribution in [3.63, 3.8) is 0 Å². The molecule has 0 amide bonds. The lowest BCUT2D eigenvalue weighted by molar-refractivity contribution is 0.281. The fourth-order valence-electron chi connectivity index (χ4n) is 2.96. The molecule has 0 unspecified atom stereocenters. The Balaban J connectivity index is 1.98. The zero-order valence-electron chi connectivity index (χ0n) is 15.7. The van der Waals surface area contributed by atoms with Crippen LogP contribution in [0.4, 0.5) is 0 Å². The van der Waals surface area contributed by atoms with E-state index < -0.39 is 7.60 Å². The van der Waals surface area contributed by atoms with Gasteiger partial charge in [-0.3, -0.25) is 4.57 Å². The van der Waals surface area contributed by atoms with Crippen LogP contribution in [0.5, 0.6) is 5.75 Å². The molecule has 0 aliphatic rings. The van der Waals surface area contributed by atoms with E-state index in [1.165, 1.54) is 14.2 Å². The first-order valence-electron chi connectivity index (χ1n) is 8.71. The summed E-state index contributed by atoms with van der Waals surface area (Å²) in [4.78, 5) is 0. The Morgan fingerprint density at radius 3 is 2.26 bits per heavy atom. The molecule has 1 aromatic heterocycles. The van der Waals surface area contributed by atoms with Crippen molar-refractivity contribution < 1.29 is 22.8 Å². The lowest BCUT2D eigenvalue weighted by Crippen LogP contribution is -2.10. The predicted molar refractivity (Wildman–Crippen MR) is 106 cm³/mol. The van der Waals surface area contributed by atoms with Gasteiger partial charge in [0.15, 0.2) is 0 Å². The Hall–Kier alpha value is -2.33. The van der Waals surface area contributed by atoms with Crippen LogP contribution in [0, 0.1) is 0 Å². The van der Waals surface area contributed by atoms with E-state index in [4.69, 9.17) is 18.2 Å². The molecule has 27 heavy (non-hydrogen) atoms. The van der Waals surface area contributed by atoms with Gasteiger partial charge in [-0.15, -0.1) is 0 Å². The van der Waals surface area contributed by atoms with E-state index in [0.717, 1.165) is 28.0 Å². The van der Waals surface area contributed by atoms with Crippen molar-refractivity contribution >= 4 is 13.1 Å². The molecule has 0 bridgehead atoms. The highest BCUT2D eigenvalue weighted by Crippen LogP contribution is 2.48. The van der Waals surface area contributed by atoms with E-state index >= 15 is 0 Å². The number of hydrogen-bond acceptors (Lipinski definition) is 5. The molecular weight excluding hydrogens is 363 g/mol. The third kappa shape index (κ3) is 4.01. The molecule has 0 aliphatic heterocycles. The molecule has 3 aromatic rings. The maximum Gasteiger partial charge on any atom is 0.396 e. The number of benzene rings is 2. The van der Waals surface area contributed by atoms with E-state index in [1.54, 1.807) is 6.26 Å². The standard InChI is InChI=1S/C21H23O5P/c1-4-17-19(15-26-21(17)27(22,23-2)24-3)18-12-8-9-13-20(18)25-14-16-10-6-5-7-11-16/h5-13,15H,4,14H2,1-3H3. The molecule has 0 radical (unpaired) electrons. The van der Waals surface area contributed by atoms with Gasteiger partial charge < -0.3 is 18.2 Å². The monoisotopic (exact) mass is 386 g/mol. The quantitative estimate of drug-likeness (QED) is 0.498. The molecule has 6 heteroatoms. The highest BCUT2D eigenvalue weighted by Gasteiger charge is 2.33. The van der Waals surface area contributed by atoms with Crippen molar-refractivity contribution in [2.75, 3.05) is 14.2 Å². The SMILES string of the molecule is CCc1c(-c2ccccc2OCc2ccccc2)coc1P(=O)(OC)OC. The van der Waals surface area contributed by atoms with Crippen LogP contribution in [0.3, 0.4) is 0 Å². The smallest absolute Gasteiger partial charge is 0.396 e. The van der Waals surface area contributed by atoms with Crippen molar-refractivity contribution in [3.05, 3.63) is 72.0 Å². The average molecular weight is 386 g/mol. The molecule has 0 N–H and O–H groups in total. The Labute approximate surface area is 159 Å². The maximum absolute atomic E-state index is 12.8. The lowest BCUT2D eigenvalue weighted by atomic mass is 10.0. The van der Waals surface area contributed by atoms with Crippen LogP contribution in [0.25, 0.3) is 11.1 Å². The molecule has 0 spiro atoms. The second kappa shape index (κ2) is 8.57. The van der Waals surface area contributed by atoms with Gasteiger partial charge in [0.1, 0.15) is 12.4 Å². The molecule has 1 heterocycles. The predicted octanol–water partition coefficient (Wildman–Crippen LogP) is 5.20. The summed E-state index contributed by atoms with van der Waals surface area (Å²) in [5.41, 5.74) is 3.81. The van der Waals surface area contributed by atoms with E-state index in [9.17, 15) is 4.57 Å². The molecule has 142 valence electrons. The Morgan fingerprint density at radius 2 is 1.59 bits per heavy atom. The molecule has 0 saturated carbocycles. The van der Waals surface area contributed by atoms with Crippen molar-refractivity contribution in [1.82, 2.24) is 0 Å². The van der Waals surface area contributed by atoms with E-state index in [2.05, 4.69) is 0 Å². The Bertz CT molecular complexity index is 925. The summed E-state index contributed by atoms with van der Waals surface area (Å²) in [6, 6.07) is 17.7. The van der Waals surface area contributed by atoms with E-state index in [1.807, 2.05) is 61.5 Å². The van der Waals surface area contributed by atoms with Crippen molar-refractivity contribution in [1.29, 1.82) is 0 Å². The normalized spacial score (nSPS) is 11.5. The fourth-order valence-corrected chi connectivity index (χ4v) is 4.23. The van der Waals surface area contributed by atoms with Crippen molar-refractivity contribution in [3.8, 4) is 16.9 Å². The van der Waals surface area contributed by atoms with Crippen molar-refractivity contribution in [2.24, 2.45) is 0 Å². The van der Waals surface area contributed by atoms with E-state index in [-0.39, 0.29) is 5.50 Å². The fraction of sp³-hybridized carbons (Fsp3) is 0.238. The first-order valence-corrected chi connectivity index (χ1v) is 10.3. The summed E-state index contributed by atoms with van der Waals surface area (Å²) in [7, 11) is -0.773. The largest absolute Gasteiger partial charge is 0.488 e. The number of hydrogen-bond donors (Lipinski definition) is 0. The molecular formula is C21H23O5P. The molecule has 0 fully saturated rings. The summed E-state index contributed by atoms with van der Waals surface area (Å²) >= 11 is 0. The second-order valence-electron chi connectivity index (χ2n) is 5.92. The van der Waals surface area contributed by atoms with Gasteiger partial charge in [0.25, 0.3) is 0 Å². The number of furan rings is 1. The minimum atomic E-state index is -3.47. The van der Waals surface area contributed by atoms with Crippen LogP contribution < -0.4 is 10.2 Å². The summed E-state index contributed by atoms with van der Waals surface area (Å²) < 4.78 is 34.7. The minimum Gasteiger partial charge on any atom is -0.488 e. The Kier molecular flexibility index (Phi) is 6.17. The molecule has 2 aromatic carbocycles. The van der Waals surface area contributed by atoms with Gasteiger partial charge in [0, 0.05) is 30.9 Å². The van der Waals surface area contributed by atoms with Gasteiger partial charge in [0.05, 0.1) is 6.26 Å². The Morgan fingerprint density at radius 1 is 0.926 bits per heavy atom. The third-order valence-electron chi connectivity index (χ3n) is 4.37. The van der Waals surface area contributed by atoms with E-state index in [0.29, 0.717) is 13.0 Å². The molecule has 3 rings (SSSR count). The summed E-state index contributed by atoms with van der Waals surface area (Å²) in [5.74, 6) is 0.730. The minimum absolute atomic E-state index is 0.239. The molecule has 0 saturated heterocycles. The van der Waals surface area contributed by atoms with Gasteiger partial charge >= 0.3 is 7.60 Å². The highest BCUT2D eigenvalue weighted by atomic mass is 31.2. The molecule has 0 aliphatic carbocycles. The number of ether oxygens (including phenoxy) is 1. The summed E-state index contributed by atoms with van der Waals surface area (Å²) in [6.07, 6.45) is 2.20. The average Bonchev–Trinajstić information content (AvgIpc) is 3.17. The zero-order valence-corrected chi connectivity index (χ0v) is 16.6. The van der Waals surface area contributed by atoms with Gasteiger partial charge in [-0.05, 0) is 18.1 Å². The lowest BCUT2D eigenvalue weighted by Gasteiger charge is -2.14. The topological polar surface area (TPSA) is 57.9 Å². The molecule has 0 atom stereocenters. The van der Waals surface area contributed by atoms with Crippen LogP contribution in [-0.2, 0) is 26.6 Å². The number of para-hydroxylation sites is 1. The van der Waals surface area contributed by atoms with Crippen LogP contribution >= 0.6 is 7.60 Å². The summed E-state index contributed by atoms with van der Waals surface area (Å²) in [5, 5.41) is 0. The van der Waals surface area contributed by atoms with Gasteiger partial charge in [-0.2, -0.15) is 0 Å². The highest BCUT2D eigenvalue weighted by molar-refractivity contribution is 7.61. The van der Waals surface area contributed by atoms with Gasteiger partial charge in [-0.1, -0.05) is 55.5 Å².